The number of nitrogens with two attached hydrogens (primary N) is 1. The predicted octanol–water partition coefficient (Wildman–Crippen LogP) is 2.07. The molecule has 0 radical (unpaired) electrons. The first-order valence-corrected chi connectivity index (χ1v) is 8.41. The molecule has 1 amide bonds. The summed E-state index contributed by atoms with van der Waals surface area (Å²) < 4.78 is 10.9. The Bertz CT molecular complexity index is 651. The van der Waals surface area contributed by atoms with Gasteiger partial charge in [-0.3, -0.25) is 4.79 Å². The standard InChI is InChI=1S/C16H19N3O3S/c17-16-19-14(10-23-16)11-3-5-12(6-4-11)22-9-15(20)18-8-13-2-1-7-21-13/h3-6,10,13H,1-2,7-9H2,(H2,17,19)(H,18,20). The summed E-state index contributed by atoms with van der Waals surface area (Å²) in [5.41, 5.74) is 7.44. The number of hydrogen-bond donors (Lipinski definition) is 2. The number of nitrogen functional groups attached to an aromatic ring is 1. The van der Waals surface area contributed by atoms with E-state index in [1.54, 1.807) is 0 Å². The van der Waals surface area contributed by atoms with E-state index in [4.69, 9.17) is 15.2 Å². The quantitative estimate of drug-likeness (QED) is 0.845. The molecule has 0 spiro atoms. The average Bonchev–Trinajstić information content (AvgIpc) is 3.23. The van der Waals surface area contributed by atoms with Crippen LogP contribution in [0.1, 0.15) is 12.8 Å². The van der Waals surface area contributed by atoms with E-state index in [0.29, 0.717) is 17.4 Å². The zero-order chi connectivity index (χ0) is 16.1. The van der Waals surface area contributed by atoms with Crippen LogP contribution in [-0.2, 0) is 9.53 Å². The summed E-state index contributed by atoms with van der Waals surface area (Å²) in [5, 5.41) is 5.27. The van der Waals surface area contributed by atoms with Crippen molar-refractivity contribution < 1.29 is 14.3 Å². The molecule has 1 aromatic carbocycles. The van der Waals surface area contributed by atoms with E-state index in [-0.39, 0.29) is 18.6 Å². The summed E-state index contributed by atoms with van der Waals surface area (Å²) in [6.07, 6.45) is 2.21. The van der Waals surface area contributed by atoms with Crippen molar-refractivity contribution >= 4 is 22.4 Å². The molecule has 1 saturated heterocycles. The Balaban J connectivity index is 1.45. The maximum absolute atomic E-state index is 11.8. The first-order valence-electron chi connectivity index (χ1n) is 7.53. The number of benzene rings is 1. The van der Waals surface area contributed by atoms with Crippen LogP contribution >= 0.6 is 11.3 Å². The Labute approximate surface area is 138 Å². The van der Waals surface area contributed by atoms with Crippen molar-refractivity contribution in [1.82, 2.24) is 10.3 Å². The van der Waals surface area contributed by atoms with Gasteiger partial charge in [0.15, 0.2) is 11.7 Å². The minimum Gasteiger partial charge on any atom is -0.484 e. The number of rotatable bonds is 6. The van der Waals surface area contributed by atoms with Gasteiger partial charge in [-0.15, -0.1) is 11.3 Å². The van der Waals surface area contributed by atoms with E-state index in [0.717, 1.165) is 30.7 Å². The Morgan fingerprint density at radius 2 is 2.26 bits per heavy atom. The summed E-state index contributed by atoms with van der Waals surface area (Å²) in [6, 6.07) is 7.43. The van der Waals surface area contributed by atoms with Gasteiger partial charge < -0.3 is 20.5 Å². The zero-order valence-electron chi connectivity index (χ0n) is 12.7. The van der Waals surface area contributed by atoms with Crippen molar-refractivity contribution in [3.05, 3.63) is 29.6 Å². The minimum absolute atomic E-state index is 0.00425. The summed E-state index contributed by atoms with van der Waals surface area (Å²) in [6.45, 7) is 1.33. The number of carbonyl (C=O) groups excluding carboxylic acids is 1. The molecule has 1 atom stereocenters. The molecule has 3 rings (SSSR count). The van der Waals surface area contributed by atoms with Crippen molar-refractivity contribution in [2.45, 2.75) is 18.9 Å². The monoisotopic (exact) mass is 333 g/mol. The molecule has 1 fully saturated rings. The number of aromatic nitrogens is 1. The highest BCUT2D eigenvalue weighted by Gasteiger charge is 2.16. The molecule has 2 aromatic rings. The summed E-state index contributed by atoms with van der Waals surface area (Å²) in [4.78, 5) is 16.0. The highest BCUT2D eigenvalue weighted by Crippen LogP contribution is 2.24. The van der Waals surface area contributed by atoms with Gasteiger partial charge in [0.1, 0.15) is 5.75 Å². The molecule has 0 bridgehead atoms. The molecule has 0 saturated carbocycles. The molecule has 23 heavy (non-hydrogen) atoms. The second-order valence-corrected chi connectivity index (χ2v) is 6.21. The highest BCUT2D eigenvalue weighted by atomic mass is 32.1. The average molecular weight is 333 g/mol. The third-order valence-electron chi connectivity index (χ3n) is 3.59. The largest absolute Gasteiger partial charge is 0.484 e. The van der Waals surface area contributed by atoms with Gasteiger partial charge in [0.05, 0.1) is 11.8 Å². The third-order valence-corrected chi connectivity index (χ3v) is 4.27. The molecule has 1 aliphatic rings. The molecule has 2 heterocycles. The van der Waals surface area contributed by atoms with Gasteiger partial charge in [-0.25, -0.2) is 4.98 Å². The van der Waals surface area contributed by atoms with Gasteiger partial charge in [0, 0.05) is 24.1 Å². The molecule has 0 aliphatic carbocycles. The lowest BCUT2D eigenvalue weighted by Crippen LogP contribution is -2.35. The van der Waals surface area contributed by atoms with Gasteiger partial charge in [-0.2, -0.15) is 0 Å². The second-order valence-electron chi connectivity index (χ2n) is 5.32. The number of nitrogens with zero attached hydrogens (tertiary/aromatic N) is 1. The van der Waals surface area contributed by atoms with Crippen LogP contribution in [0.25, 0.3) is 11.3 Å². The molecule has 122 valence electrons. The first-order chi connectivity index (χ1) is 11.2. The maximum atomic E-state index is 11.8. The molecule has 1 aromatic heterocycles. The van der Waals surface area contributed by atoms with Crippen molar-refractivity contribution in [3.8, 4) is 17.0 Å². The van der Waals surface area contributed by atoms with Crippen molar-refractivity contribution in [2.75, 3.05) is 25.5 Å². The number of ether oxygens (including phenoxy) is 2. The lowest BCUT2D eigenvalue weighted by molar-refractivity contribution is -0.123. The van der Waals surface area contributed by atoms with Crippen LogP contribution in [0.15, 0.2) is 29.6 Å². The van der Waals surface area contributed by atoms with Crippen molar-refractivity contribution in [3.63, 3.8) is 0 Å². The number of carbonyl (C=O) groups is 1. The summed E-state index contributed by atoms with van der Waals surface area (Å²) in [5.74, 6) is 0.501. The third kappa shape index (κ3) is 4.43. The van der Waals surface area contributed by atoms with Crippen molar-refractivity contribution in [2.24, 2.45) is 0 Å². The fourth-order valence-corrected chi connectivity index (χ4v) is 2.95. The Morgan fingerprint density at radius 3 is 2.91 bits per heavy atom. The van der Waals surface area contributed by atoms with E-state index >= 15 is 0 Å². The summed E-state index contributed by atoms with van der Waals surface area (Å²) in [7, 11) is 0. The van der Waals surface area contributed by atoms with Crippen LogP contribution in [0.4, 0.5) is 5.13 Å². The molecule has 6 nitrogen and oxygen atoms in total. The van der Waals surface area contributed by atoms with Gasteiger partial charge in [0.2, 0.25) is 0 Å². The SMILES string of the molecule is Nc1nc(-c2ccc(OCC(=O)NCC3CCCO3)cc2)cs1. The lowest BCUT2D eigenvalue weighted by Gasteiger charge is -2.11. The molecule has 3 N–H and O–H groups in total. The van der Waals surface area contributed by atoms with Crippen LogP contribution < -0.4 is 15.8 Å². The number of thiazole rings is 1. The molecule has 7 heteroatoms. The predicted molar refractivity (Wildman–Crippen MR) is 89.4 cm³/mol. The Hall–Kier alpha value is -2.12. The van der Waals surface area contributed by atoms with E-state index in [1.165, 1.54) is 11.3 Å². The normalized spacial score (nSPS) is 17.1. The molecule has 1 aliphatic heterocycles. The minimum atomic E-state index is -0.142. The second kappa shape index (κ2) is 7.43. The van der Waals surface area contributed by atoms with Gasteiger partial charge >= 0.3 is 0 Å². The van der Waals surface area contributed by atoms with Crippen LogP contribution in [0, 0.1) is 0 Å². The number of anilines is 1. The smallest absolute Gasteiger partial charge is 0.258 e. The first kappa shape index (κ1) is 15.8. The highest BCUT2D eigenvalue weighted by molar-refractivity contribution is 7.13. The van der Waals surface area contributed by atoms with Crippen LogP contribution in [-0.4, -0.2) is 36.8 Å². The lowest BCUT2D eigenvalue weighted by atomic mass is 10.2. The van der Waals surface area contributed by atoms with Gasteiger partial charge in [-0.1, -0.05) is 0 Å². The van der Waals surface area contributed by atoms with Crippen LogP contribution in [0.3, 0.4) is 0 Å². The fraction of sp³-hybridized carbons (Fsp3) is 0.375. The van der Waals surface area contributed by atoms with E-state index in [9.17, 15) is 4.79 Å². The zero-order valence-corrected chi connectivity index (χ0v) is 13.5. The number of nitrogens with one attached hydrogen (secondary N) is 1. The molecule has 1 unspecified atom stereocenters. The maximum Gasteiger partial charge on any atom is 0.258 e. The van der Waals surface area contributed by atoms with E-state index in [1.807, 2.05) is 29.6 Å². The Morgan fingerprint density at radius 1 is 1.43 bits per heavy atom. The van der Waals surface area contributed by atoms with E-state index < -0.39 is 0 Å². The fourth-order valence-electron chi connectivity index (χ4n) is 2.38. The van der Waals surface area contributed by atoms with Crippen molar-refractivity contribution in [1.29, 1.82) is 0 Å². The van der Waals surface area contributed by atoms with Crippen LogP contribution in [0.5, 0.6) is 5.75 Å². The molecular weight excluding hydrogens is 314 g/mol. The Kier molecular flexibility index (Phi) is 5.09. The molecular formula is C16H19N3O3S. The summed E-state index contributed by atoms with van der Waals surface area (Å²) >= 11 is 1.41. The topological polar surface area (TPSA) is 86.5 Å². The number of amides is 1. The number of hydrogen-bond acceptors (Lipinski definition) is 6. The van der Waals surface area contributed by atoms with E-state index in [2.05, 4.69) is 10.3 Å². The van der Waals surface area contributed by atoms with Crippen LogP contribution in [0.2, 0.25) is 0 Å². The van der Waals surface area contributed by atoms with Gasteiger partial charge in [-0.05, 0) is 37.1 Å². The van der Waals surface area contributed by atoms with Gasteiger partial charge in [0.25, 0.3) is 5.91 Å².